The third-order valence-corrected chi connectivity index (χ3v) is 4.03. The van der Waals surface area contributed by atoms with Crippen LogP contribution in [0, 0.1) is 0 Å². The van der Waals surface area contributed by atoms with Crippen molar-refractivity contribution in [1.29, 1.82) is 0 Å². The van der Waals surface area contributed by atoms with E-state index in [1.165, 1.54) is 18.4 Å². The molecule has 16 heavy (non-hydrogen) atoms. The first kappa shape index (κ1) is 13.6. The van der Waals surface area contributed by atoms with E-state index < -0.39 is 5.97 Å². The van der Waals surface area contributed by atoms with E-state index >= 15 is 0 Å². The number of ether oxygens (including phenoxy) is 1. The van der Waals surface area contributed by atoms with Crippen LogP contribution in [0.2, 0.25) is 5.15 Å². The minimum Gasteiger partial charge on any atom is -0.465 e. The fraction of sp³-hybridized carbons (Fsp3) is 0.556. The topological polar surface area (TPSA) is 42.4 Å². The molecular formula is C9H13ClN2O2S2. The Bertz CT molecular complexity index is 370. The van der Waals surface area contributed by atoms with Crippen LogP contribution in [0.15, 0.2) is 0 Å². The van der Waals surface area contributed by atoms with Crippen LogP contribution in [0.5, 0.6) is 0 Å². The molecule has 90 valence electrons. The van der Waals surface area contributed by atoms with E-state index in [4.69, 9.17) is 11.6 Å². The molecule has 0 aliphatic carbocycles. The van der Waals surface area contributed by atoms with Crippen LogP contribution in [0.3, 0.4) is 0 Å². The zero-order valence-corrected chi connectivity index (χ0v) is 11.7. The summed E-state index contributed by atoms with van der Waals surface area (Å²) in [5.74, 6) is 0.563. The minimum atomic E-state index is -0.438. The van der Waals surface area contributed by atoms with Gasteiger partial charge in [-0.15, -0.1) is 0 Å². The number of carbonyl (C=O) groups is 1. The lowest BCUT2D eigenvalue weighted by atomic mass is 10.6. The molecule has 7 heteroatoms. The quantitative estimate of drug-likeness (QED) is 0.775. The molecule has 0 N–H and O–H groups in total. The first-order valence-corrected chi connectivity index (χ1v) is 7.13. The van der Waals surface area contributed by atoms with Gasteiger partial charge < -0.3 is 9.64 Å². The van der Waals surface area contributed by atoms with Crippen molar-refractivity contribution in [2.45, 2.75) is 0 Å². The first-order valence-electron chi connectivity index (χ1n) is 4.54. The molecule has 0 amide bonds. The van der Waals surface area contributed by atoms with Gasteiger partial charge in [-0.2, -0.15) is 11.8 Å². The summed E-state index contributed by atoms with van der Waals surface area (Å²) in [5.41, 5.74) is 0. The number of anilines is 1. The van der Waals surface area contributed by atoms with Gasteiger partial charge in [0.1, 0.15) is 0 Å². The Morgan fingerprint density at radius 2 is 2.38 bits per heavy atom. The van der Waals surface area contributed by atoms with Crippen LogP contribution in [0.1, 0.15) is 9.67 Å². The maximum atomic E-state index is 11.3. The Morgan fingerprint density at radius 1 is 1.69 bits per heavy atom. The Hall–Kier alpha value is -0.460. The van der Waals surface area contributed by atoms with E-state index in [-0.39, 0.29) is 5.15 Å². The van der Waals surface area contributed by atoms with Crippen molar-refractivity contribution >= 4 is 45.8 Å². The lowest BCUT2D eigenvalue weighted by molar-refractivity contribution is 0.0606. The number of rotatable bonds is 5. The number of halogens is 1. The largest absolute Gasteiger partial charge is 0.465 e. The summed E-state index contributed by atoms with van der Waals surface area (Å²) < 4.78 is 4.62. The van der Waals surface area contributed by atoms with Crippen molar-refractivity contribution < 1.29 is 9.53 Å². The molecule has 1 aromatic heterocycles. The minimum absolute atomic E-state index is 0.211. The fourth-order valence-corrected chi connectivity index (χ4v) is 2.64. The van der Waals surface area contributed by atoms with Gasteiger partial charge in [0, 0.05) is 19.3 Å². The van der Waals surface area contributed by atoms with Gasteiger partial charge in [0.25, 0.3) is 0 Å². The summed E-state index contributed by atoms with van der Waals surface area (Å²) in [7, 11) is 3.25. The Balaban J connectivity index is 2.79. The summed E-state index contributed by atoms with van der Waals surface area (Å²) in [6, 6.07) is 0. The molecule has 0 bridgehead atoms. The molecular weight excluding hydrogens is 268 g/mol. The SMILES string of the molecule is COC(=O)c1sc(N(C)CCSC)nc1Cl. The molecule has 0 atom stereocenters. The highest BCUT2D eigenvalue weighted by atomic mass is 35.5. The second-order valence-corrected chi connectivity index (χ2v) is 5.34. The third kappa shape index (κ3) is 3.26. The van der Waals surface area contributed by atoms with Crippen LogP contribution in [0.4, 0.5) is 5.13 Å². The van der Waals surface area contributed by atoms with E-state index in [1.54, 1.807) is 11.8 Å². The smallest absolute Gasteiger partial charge is 0.351 e. The summed E-state index contributed by atoms with van der Waals surface area (Å²) in [4.78, 5) is 17.8. The van der Waals surface area contributed by atoms with E-state index in [9.17, 15) is 4.79 Å². The second-order valence-electron chi connectivity index (χ2n) is 3.02. The highest BCUT2D eigenvalue weighted by Gasteiger charge is 2.18. The Kier molecular flexibility index (Phi) is 5.37. The highest BCUT2D eigenvalue weighted by Crippen LogP contribution is 2.29. The number of carbonyl (C=O) groups excluding carboxylic acids is 1. The summed E-state index contributed by atoms with van der Waals surface area (Å²) in [5, 5.41) is 0.947. The predicted octanol–water partition coefficient (Wildman–Crippen LogP) is 2.38. The molecule has 0 fully saturated rings. The summed E-state index contributed by atoms with van der Waals surface area (Å²) in [6.07, 6.45) is 2.04. The standard InChI is InChI=1S/C9H13ClN2O2S2/c1-12(4-5-15-3)9-11-7(10)6(16-9)8(13)14-2/h4-5H2,1-3H3. The molecule has 0 spiro atoms. The molecule has 0 aliphatic heterocycles. The van der Waals surface area contributed by atoms with Crippen LogP contribution >= 0.6 is 34.7 Å². The van der Waals surface area contributed by atoms with Crippen LogP contribution in [0.25, 0.3) is 0 Å². The number of hydrogen-bond donors (Lipinski definition) is 0. The number of hydrogen-bond acceptors (Lipinski definition) is 6. The second kappa shape index (κ2) is 6.32. The van der Waals surface area contributed by atoms with Gasteiger partial charge in [0.15, 0.2) is 15.2 Å². The van der Waals surface area contributed by atoms with E-state index in [0.717, 1.165) is 17.4 Å². The molecule has 0 saturated heterocycles. The zero-order valence-electron chi connectivity index (χ0n) is 9.32. The van der Waals surface area contributed by atoms with Gasteiger partial charge >= 0.3 is 5.97 Å². The van der Waals surface area contributed by atoms with Crippen molar-refractivity contribution in [2.24, 2.45) is 0 Å². The molecule has 0 radical (unpaired) electrons. The normalized spacial score (nSPS) is 10.2. The maximum Gasteiger partial charge on any atom is 0.351 e. The lowest BCUT2D eigenvalue weighted by Crippen LogP contribution is -2.19. The fourth-order valence-electron chi connectivity index (χ4n) is 0.997. The average molecular weight is 281 g/mol. The van der Waals surface area contributed by atoms with Gasteiger partial charge in [-0.1, -0.05) is 22.9 Å². The van der Waals surface area contributed by atoms with Gasteiger partial charge in [-0.3, -0.25) is 0 Å². The van der Waals surface area contributed by atoms with Crippen molar-refractivity contribution in [3.8, 4) is 0 Å². The number of aromatic nitrogens is 1. The summed E-state index contributed by atoms with van der Waals surface area (Å²) in [6.45, 7) is 0.867. The molecule has 0 aromatic carbocycles. The van der Waals surface area contributed by atoms with Gasteiger partial charge in [0.2, 0.25) is 0 Å². The summed E-state index contributed by atoms with van der Waals surface area (Å²) >= 11 is 8.87. The maximum absolute atomic E-state index is 11.3. The predicted molar refractivity (Wildman–Crippen MR) is 70.1 cm³/mol. The molecule has 0 aliphatic rings. The van der Waals surface area contributed by atoms with Gasteiger partial charge in [0.05, 0.1) is 7.11 Å². The zero-order chi connectivity index (χ0) is 12.1. The van der Waals surface area contributed by atoms with Crippen molar-refractivity contribution in [3.63, 3.8) is 0 Å². The van der Waals surface area contributed by atoms with Crippen molar-refractivity contribution in [3.05, 3.63) is 10.0 Å². The highest BCUT2D eigenvalue weighted by molar-refractivity contribution is 7.98. The third-order valence-electron chi connectivity index (χ3n) is 1.90. The number of thioether (sulfide) groups is 1. The van der Waals surface area contributed by atoms with Crippen LogP contribution in [-0.4, -0.2) is 43.7 Å². The molecule has 4 nitrogen and oxygen atoms in total. The first-order chi connectivity index (χ1) is 7.60. The Labute approximate surface area is 108 Å². The van der Waals surface area contributed by atoms with Crippen LogP contribution in [-0.2, 0) is 4.74 Å². The molecule has 1 heterocycles. The van der Waals surface area contributed by atoms with Gasteiger partial charge in [-0.25, -0.2) is 9.78 Å². The van der Waals surface area contributed by atoms with E-state index in [1.807, 2.05) is 18.2 Å². The molecule has 1 aromatic rings. The van der Waals surface area contributed by atoms with E-state index in [0.29, 0.717) is 4.88 Å². The van der Waals surface area contributed by atoms with Crippen LogP contribution < -0.4 is 4.90 Å². The molecule has 1 rings (SSSR count). The number of methoxy groups -OCH3 is 1. The van der Waals surface area contributed by atoms with Gasteiger partial charge in [-0.05, 0) is 6.26 Å². The Morgan fingerprint density at radius 3 is 2.94 bits per heavy atom. The van der Waals surface area contributed by atoms with E-state index in [2.05, 4.69) is 9.72 Å². The average Bonchev–Trinajstić information content (AvgIpc) is 2.67. The molecule has 0 saturated carbocycles. The number of esters is 1. The number of nitrogens with zero attached hydrogens (tertiary/aromatic N) is 2. The molecule has 0 unspecified atom stereocenters. The lowest BCUT2D eigenvalue weighted by Gasteiger charge is -2.13. The van der Waals surface area contributed by atoms with Crippen molar-refractivity contribution in [2.75, 3.05) is 37.6 Å². The number of thiazole rings is 1. The van der Waals surface area contributed by atoms with Crippen molar-refractivity contribution in [1.82, 2.24) is 4.98 Å². The monoisotopic (exact) mass is 280 g/mol.